The van der Waals surface area contributed by atoms with Gasteiger partial charge in [-0.2, -0.15) is 0 Å². The molecule has 0 fully saturated rings. The van der Waals surface area contributed by atoms with Gasteiger partial charge < -0.3 is 20.1 Å². The molecule has 0 heterocycles. The van der Waals surface area contributed by atoms with E-state index in [9.17, 15) is 15.0 Å². The van der Waals surface area contributed by atoms with Crippen molar-refractivity contribution in [2.24, 2.45) is 0 Å². The van der Waals surface area contributed by atoms with Gasteiger partial charge in [-0.05, 0) is 12.0 Å². The molecular weight excluding hydrogens is 236 g/mol. The summed E-state index contributed by atoms with van der Waals surface area (Å²) in [4.78, 5) is 10.3. The standard InChI is InChI=1S/C13H18O5/c14-12(15)7-4-8-13(16,17)10-18-9-11-5-2-1-3-6-11/h1-3,5-6,16-17H,4,7-10H2,(H,14,15). The fourth-order valence-electron chi connectivity index (χ4n) is 1.50. The minimum absolute atomic E-state index is 0.0198. The van der Waals surface area contributed by atoms with Gasteiger partial charge in [0, 0.05) is 12.8 Å². The van der Waals surface area contributed by atoms with Crippen LogP contribution in [-0.2, 0) is 16.1 Å². The van der Waals surface area contributed by atoms with Crippen LogP contribution in [0.1, 0.15) is 24.8 Å². The molecule has 0 spiro atoms. The maximum absolute atomic E-state index is 10.3. The summed E-state index contributed by atoms with van der Waals surface area (Å²) >= 11 is 0. The number of aliphatic hydroxyl groups is 2. The molecule has 0 aliphatic heterocycles. The Morgan fingerprint density at radius 2 is 1.89 bits per heavy atom. The molecule has 18 heavy (non-hydrogen) atoms. The molecule has 0 amide bonds. The van der Waals surface area contributed by atoms with Crippen molar-refractivity contribution in [1.82, 2.24) is 0 Å². The fourth-order valence-corrected chi connectivity index (χ4v) is 1.50. The van der Waals surface area contributed by atoms with Gasteiger partial charge in [-0.25, -0.2) is 0 Å². The van der Waals surface area contributed by atoms with Gasteiger partial charge in [0.1, 0.15) is 6.61 Å². The number of hydrogen-bond acceptors (Lipinski definition) is 4. The van der Waals surface area contributed by atoms with E-state index in [-0.39, 0.29) is 25.9 Å². The summed E-state index contributed by atoms with van der Waals surface area (Å²) < 4.78 is 5.19. The smallest absolute Gasteiger partial charge is 0.303 e. The molecule has 1 rings (SSSR count). The third kappa shape index (κ3) is 6.34. The van der Waals surface area contributed by atoms with E-state index in [4.69, 9.17) is 9.84 Å². The Hall–Kier alpha value is -1.43. The molecule has 5 nitrogen and oxygen atoms in total. The summed E-state index contributed by atoms with van der Waals surface area (Å²) in [5.41, 5.74) is 0.943. The largest absolute Gasteiger partial charge is 0.481 e. The Balaban J connectivity index is 2.22. The van der Waals surface area contributed by atoms with Crippen LogP contribution in [0.2, 0.25) is 0 Å². The zero-order valence-corrected chi connectivity index (χ0v) is 10.1. The van der Waals surface area contributed by atoms with Crippen LogP contribution in [0.15, 0.2) is 30.3 Å². The Morgan fingerprint density at radius 3 is 2.50 bits per heavy atom. The fraction of sp³-hybridized carbons (Fsp3) is 0.462. The molecule has 1 aromatic rings. The molecule has 1 aromatic carbocycles. The van der Waals surface area contributed by atoms with E-state index in [1.807, 2.05) is 30.3 Å². The number of carboxylic acid groups (broad SMARTS) is 1. The first-order chi connectivity index (χ1) is 8.49. The van der Waals surface area contributed by atoms with Crippen LogP contribution in [0.4, 0.5) is 0 Å². The SMILES string of the molecule is O=C(O)CCCC(O)(O)COCc1ccccc1. The predicted molar refractivity (Wildman–Crippen MR) is 64.8 cm³/mol. The molecule has 0 radical (unpaired) electrons. The number of hydrogen-bond donors (Lipinski definition) is 3. The molecule has 0 saturated heterocycles. The molecule has 0 aromatic heterocycles. The van der Waals surface area contributed by atoms with Crippen LogP contribution >= 0.6 is 0 Å². The summed E-state index contributed by atoms with van der Waals surface area (Å²) in [5.74, 6) is -2.92. The lowest BCUT2D eigenvalue weighted by Crippen LogP contribution is -2.34. The molecule has 0 aliphatic rings. The van der Waals surface area contributed by atoms with Crippen molar-refractivity contribution in [2.45, 2.75) is 31.7 Å². The van der Waals surface area contributed by atoms with Crippen molar-refractivity contribution >= 4 is 5.97 Å². The number of benzene rings is 1. The molecule has 0 atom stereocenters. The van der Waals surface area contributed by atoms with E-state index in [0.29, 0.717) is 6.61 Å². The first-order valence-electron chi connectivity index (χ1n) is 5.78. The molecular formula is C13H18O5. The predicted octanol–water partition coefficient (Wildman–Crippen LogP) is 1.14. The number of aliphatic carboxylic acids is 1. The maximum atomic E-state index is 10.3. The van der Waals surface area contributed by atoms with Crippen molar-refractivity contribution in [3.63, 3.8) is 0 Å². The summed E-state index contributed by atoms with van der Waals surface area (Å²) in [6.07, 6.45) is 0.104. The van der Waals surface area contributed by atoms with Gasteiger partial charge in [0.2, 0.25) is 0 Å². The summed E-state index contributed by atoms with van der Waals surface area (Å²) in [6.45, 7) is 0.0597. The van der Waals surface area contributed by atoms with Crippen LogP contribution in [0.25, 0.3) is 0 Å². The van der Waals surface area contributed by atoms with Gasteiger partial charge >= 0.3 is 5.97 Å². The van der Waals surface area contributed by atoms with E-state index >= 15 is 0 Å². The van der Waals surface area contributed by atoms with E-state index in [1.165, 1.54) is 0 Å². The van der Waals surface area contributed by atoms with Crippen molar-refractivity contribution in [1.29, 1.82) is 0 Å². The van der Waals surface area contributed by atoms with Gasteiger partial charge in [-0.1, -0.05) is 30.3 Å². The first kappa shape index (κ1) is 14.6. The summed E-state index contributed by atoms with van der Waals surface area (Å²) in [7, 11) is 0. The number of carbonyl (C=O) groups is 1. The average molecular weight is 254 g/mol. The highest BCUT2D eigenvalue weighted by atomic mass is 16.6. The van der Waals surface area contributed by atoms with Gasteiger partial charge in [0.15, 0.2) is 5.79 Å². The number of ether oxygens (including phenoxy) is 1. The van der Waals surface area contributed by atoms with E-state index < -0.39 is 11.8 Å². The van der Waals surface area contributed by atoms with E-state index in [1.54, 1.807) is 0 Å². The van der Waals surface area contributed by atoms with Crippen LogP contribution in [0, 0.1) is 0 Å². The third-order valence-corrected chi connectivity index (χ3v) is 2.41. The molecule has 0 saturated carbocycles. The minimum Gasteiger partial charge on any atom is -0.481 e. The van der Waals surface area contributed by atoms with Crippen LogP contribution in [-0.4, -0.2) is 33.7 Å². The normalized spacial score (nSPS) is 11.4. The Labute approximate surface area is 106 Å². The highest BCUT2D eigenvalue weighted by molar-refractivity contribution is 5.66. The van der Waals surface area contributed by atoms with Crippen LogP contribution < -0.4 is 0 Å². The molecule has 0 bridgehead atoms. The zero-order chi connectivity index (χ0) is 13.4. The molecule has 5 heteroatoms. The third-order valence-electron chi connectivity index (χ3n) is 2.41. The Kier molecular flexibility index (Phi) is 5.77. The number of carboxylic acids is 1. The lowest BCUT2D eigenvalue weighted by atomic mass is 10.1. The Bertz CT molecular complexity index is 361. The van der Waals surface area contributed by atoms with Gasteiger partial charge in [-0.3, -0.25) is 4.79 Å². The van der Waals surface area contributed by atoms with Crippen molar-refractivity contribution in [3.05, 3.63) is 35.9 Å². The second kappa shape index (κ2) is 7.10. The average Bonchev–Trinajstić information content (AvgIpc) is 2.29. The maximum Gasteiger partial charge on any atom is 0.303 e. The topological polar surface area (TPSA) is 87.0 Å². The second-order valence-corrected chi connectivity index (χ2v) is 4.21. The lowest BCUT2D eigenvalue weighted by molar-refractivity contribution is -0.204. The molecule has 3 N–H and O–H groups in total. The first-order valence-corrected chi connectivity index (χ1v) is 5.78. The minimum atomic E-state index is -1.97. The highest BCUT2D eigenvalue weighted by Gasteiger charge is 2.23. The quantitative estimate of drug-likeness (QED) is 0.605. The van der Waals surface area contributed by atoms with Gasteiger partial charge in [-0.15, -0.1) is 0 Å². The van der Waals surface area contributed by atoms with Crippen molar-refractivity contribution in [3.8, 4) is 0 Å². The van der Waals surface area contributed by atoms with E-state index in [0.717, 1.165) is 5.56 Å². The van der Waals surface area contributed by atoms with Crippen LogP contribution in [0.3, 0.4) is 0 Å². The summed E-state index contributed by atoms with van der Waals surface area (Å²) in [5, 5.41) is 27.5. The zero-order valence-electron chi connectivity index (χ0n) is 10.1. The highest BCUT2D eigenvalue weighted by Crippen LogP contribution is 2.12. The number of rotatable bonds is 8. The van der Waals surface area contributed by atoms with Gasteiger partial charge in [0.25, 0.3) is 0 Å². The van der Waals surface area contributed by atoms with Crippen molar-refractivity contribution in [2.75, 3.05) is 6.61 Å². The van der Waals surface area contributed by atoms with Gasteiger partial charge in [0.05, 0.1) is 6.61 Å². The molecule has 0 aliphatic carbocycles. The molecule has 0 unspecified atom stereocenters. The molecule has 100 valence electrons. The van der Waals surface area contributed by atoms with Crippen LogP contribution in [0.5, 0.6) is 0 Å². The monoisotopic (exact) mass is 254 g/mol. The summed E-state index contributed by atoms with van der Waals surface area (Å²) in [6, 6.07) is 9.38. The lowest BCUT2D eigenvalue weighted by Gasteiger charge is -2.21. The van der Waals surface area contributed by atoms with Crippen molar-refractivity contribution < 1.29 is 24.9 Å². The Morgan fingerprint density at radius 1 is 1.22 bits per heavy atom. The van der Waals surface area contributed by atoms with E-state index in [2.05, 4.69) is 0 Å². The second-order valence-electron chi connectivity index (χ2n) is 4.21.